The molecule has 0 amide bonds. The number of pyridine rings is 1. The zero-order valence-corrected chi connectivity index (χ0v) is 10.7. The van der Waals surface area contributed by atoms with Gasteiger partial charge in [0.2, 0.25) is 0 Å². The molecule has 0 saturated carbocycles. The number of hydrogen-bond acceptors (Lipinski definition) is 2. The zero-order valence-electron chi connectivity index (χ0n) is 10.7. The summed E-state index contributed by atoms with van der Waals surface area (Å²) in [6.45, 7) is 7.42. The first kappa shape index (κ1) is 11.9. The molecule has 0 saturated heterocycles. The number of aromatic nitrogens is 1. The highest BCUT2D eigenvalue weighted by Crippen LogP contribution is 2.25. The summed E-state index contributed by atoms with van der Waals surface area (Å²) in [5, 5.41) is 1.09. The Kier molecular flexibility index (Phi) is 3.32. The lowest BCUT2D eigenvalue weighted by atomic mass is 9.93. The fourth-order valence-electron chi connectivity index (χ4n) is 1.67. The standard InChI is InChI=1S/C15H19NO/c1-15(2,3)9-11-17-14-8-4-7-13-12(14)6-5-10-16-13/h4-8,10H,9,11H2,1-3H3. The molecule has 2 heteroatoms. The molecule has 17 heavy (non-hydrogen) atoms. The molecule has 0 aliphatic carbocycles. The average molecular weight is 229 g/mol. The SMILES string of the molecule is CC(C)(C)CCOc1cccc2ncccc12. The van der Waals surface area contributed by atoms with Gasteiger partial charge in [-0.1, -0.05) is 26.8 Å². The maximum Gasteiger partial charge on any atom is 0.128 e. The van der Waals surface area contributed by atoms with E-state index in [4.69, 9.17) is 4.74 Å². The van der Waals surface area contributed by atoms with Gasteiger partial charge in [-0.05, 0) is 36.1 Å². The van der Waals surface area contributed by atoms with Gasteiger partial charge in [0.1, 0.15) is 5.75 Å². The van der Waals surface area contributed by atoms with E-state index in [-0.39, 0.29) is 0 Å². The van der Waals surface area contributed by atoms with Crippen molar-refractivity contribution in [2.24, 2.45) is 5.41 Å². The lowest BCUT2D eigenvalue weighted by molar-refractivity contribution is 0.245. The Balaban J connectivity index is 2.13. The van der Waals surface area contributed by atoms with Gasteiger partial charge in [-0.25, -0.2) is 0 Å². The smallest absolute Gasteiger partial charge is 0.128 e. The van der Waals surface area contributed by atoms with Crippen molar-refractivity contribution < 1.29 is 4.74 Å². The summed E-state index contributed by atoms with van der Waals surface area (Å²) in [6, 6.07) is 9.99. The Morgan fingerprint density at radius 1 is 1.12 bits per heavy atom. The maximum absolute atomic E-state index is 5.86. The molecule has 0 aliphatic heterocycles. The fraction of sp³-hybridized carbons (Fsp3) is 0.400. The summed E-state index contributed by atoms with van der Waals surface area (Å²) in [5.74, 6) is 0.930. The van der Waals surface area contributed by atoms with Crippen molar-refractivity contribution in [3.63, 3.8) is 0 Å². The number of ether oxygens (including phenoxy) is 1. The van der Waals surface area contributed by atoms with E-state index >= 15 is 0 Å². The van der Waals surface area contributed by atoms with Crippen LogP contribution in [0.1, 0.15) is 27.2 Å². The van der Waals surface area contributed by atoms with Crippen LogP contribution in [0.4, 0.5) is 0 Å². The largest absolute Gasteiger partial charge is 0.493 e. The van der Waals surface area contributed by atoms with Crippen LogP contribution in [0.25, 0.3) is 10.9 Å². The minimum atomic E-state index is 0.308. The van der Waals surface area contributed by atoms with Crippen molar-refractivity contribution in [3.8, 4) is 5.75 Å². The Hall–Kier alpha value is -1.57. The lowest BCUT2D eigenvalue weighted by Crippen LogP contribution is -2.11. The second-order valence-electron chi connectivity index (χ2n) is 5.49. The van der Waals surface area contributed by atoms with Gasteiger partial charge in [0.25, 0.3) is 0 Å². The fourth-order valence-corrected chi connectivity index (χ4v) is 1.67. The number of hydrogen-bond donors (Lipinski definition) is 0. The van der Waals surface area contributed by atoms with Crippen LogP contribution in [0, 0.1) is 5.41 Å². The Labute approximate surface area is 103 Å². The van der Waals surface area contributed by atoms with Crippen LogP contribution in [0.5, 0.6) is 5.75 Å². The summed E-state index contributed by atoms with van der Waals surface area (Å²) in [7, 11) is 0. The Morgan fingerprint density at radius 3 is 2.71 bits per heavy atom. The van der Waals surface area contributed by atoms with E-state index in [1.54, 1.807) is 6.20 Å². The van der Waals surface area contributed by atoms with Gasteiger partial charge in [-0.15, -0.1) is 0 Å². The molecule has 2 aromatic rings. The summed E-state index contributed by atoms with van der Waals surface area (Å²) >= 11 is 0. The Bertz CT molecular complexity index is 494. The molecule has 0 unspecified atom stereocenters. The molecule has 0 bridgehead atoms. The molecule has 0 spiro atoms. The molecule has 2 rings (SSSR count). The molecule has 0 atom stereocenters. The van der Waals surface area contributed by atoms with E-state index in [0.717, 1.165) is 29.7 Å². The average Bonchev–Trinajstić information content (AvgIpc) is 2.28. The van der Waals surface area contributed by atoms with Crippen molar-refractivity contribution in [2.75, 3.05) is 6.61 Å². The van der Waals surface area contributed by atoms with Crippen molar-refractivity contribution in [1.82, 2.24) is 4.98 Å². The third kappa shape index (κ3) is 3.19. The van der Waals surface area contributed by atoms with E-state index in [9.17, 15) is 0 Å². The van der Waals surface area contributed by atoms with Gasteiger partial charge in [0.05, 0.1) is 12.1 Å². The minimum Gasteiger partial charge on any atom is -0.493 e. The lowest BCUT2D eigenvalue weighted by Gasteiger charge is -2.18. The van der Waals surface area contributed by atoms with Crippen molar-refractivity contribution in [1.29, 1.82) is 0 Å². The third-order valence-corrected chi connectivity index (χ3v) is 2.72. The first-order valence-corrected chi connectivity index (χ1v) is 6.03. The predicted molar refractivity (Wildman–Crippen MR) is 71.3 cm³/mol. The van der Waals surface area contributed by atoms with E-state index in [2.05, 4.69) is 31.8 Å². The summed E-state index contributed by atoms with van der Waals surface area (Å²) < 4.78 is 5.86. The summed E-state index contributed by atoms with van der Waals surface area (Å²) in [6.07, 6.45) is 2.85. The van der Waals surface area contributed by atoms with Gasteiger partial charge in [0.15, 0.2) is 0 Å². The highest BCUT2D eigenvalue weighted by Gasteiger charge is 2.10. The molecule has 2 nitrogen and oxygen atoms in total. The molecular weight excluding hydrogens is 210 g/mol. The zero-order chi connectivity index (χ0) is 12.3. The predicted octanol–water partition coefficient (Wildman–Crippen LogP) is 4.05. The number of benzene rings is 1. The molecule has 90 valence electrons. The molecular formula is C15H19NO. The highest BCUT2D eigenvalue weighted by atomic mass is 16.5. The van der Waals surface area contributed by atoms with Crippen LogP contribution in [0.3, 0.4) is 0 Å². The van der Waals surface area contributed by atoms with Crippen LogP contribution in [0.2, 0.25) is 0 Å². The van der Waals surface area contributed by atoms with Crippen LogP contribution >= 0.6 is 0 Å². The monoisotopic (exact) mass is 229 g/mol. The molecule has 1 heterocycles. The van der Waals surface area contributed by atoms with E-state index < -0.39 is 0 Å². The van der Waals surface area contributed by atoms with Crippen LogP contribution in [-0.4, -0.2) is 11.6 Å². The quantitative estimate of drug-likeness (QED) is 0.792. The van der Waals surface area contributed by atoms with Crippen molar-refractivity contribution in [3.05, 3.63) is 36.5 Å². The van der Waals surface area contributed by atoms with E-state index in [0.29, 0.717) is 5.41 Å². The highest BCUT2D eigenvalue weighted by molar-refractivity contribution is 5.84. The van der Waals surface area contributed by atoms with Crippen LogP contribution in [0.15, 0.2) is 36.5 Å². The first-order valence-electron chi connectivity index (χ1n) is 6.03. The van der Waals surface area contributed by atoms with Gasteiger partial charge >= 0.3 is 0 Å². The van der Waals surface area contributed by atoms with Gasteiger partial charge < -0.3 is 4.74 Å². The number of rotatable bonds is 3. The van der Waals surface area contributed by atoms with E-state index in [1.807, 2.05) is 24.3 Å². The number of nitrogens with zero attached hydrogens (tertiary/aromatic N) is 1. The normalized spacial score (nSPS) is 11.7. The van der Waals surface area contributed by atoms with Crippen molar-refractivity contribution >= 4 is 10.9 Å². The second kappa shape index (κ2) is 4.74. The first-order chi connectivity index (χ1) is 8.06. The van der Waals surface area contributed by atoms with Gasteiger partial charge in [0, 0.05) is 11.6 Å². The molecule has 1 aromatic heterocycles. The maximum atomic E-state index is 5.86. The Morgan fingerprint density at radius 2 is 1.94 bits per heavy atom. The second-order valence-corrected chi connectivity index (χ2v) is 5.49. The minimum absolute atomic E-state index is 0.308. The molecule has 0 N–H and O–H groups in total. The van der Waals surface area contributed by atoms with Crippen LogP contribution < -0.4 is 4.74 Å². The summed E-state index contributed by atoms with van der Waals surface area (Å²) in [4.78, 5) is 4.32. The summed E-state index contributed by atoms with van der Waals surface area (Å²) in [5.41, 5.74) is 1.30. The molecule has 0 radical (unpaired) electrons. The van der Waals surface area contributed by atoms with Gasteiger partial charge in [-0.2, -0.15) is 0 Å². The molecule has 0 aliphatic rings. The third-order valence-electron chi connectivity index (χ3n) is 2.72. The molecule has 1 aromatic carbocycles. The molecule has 0 fully saturated rings. The van der Waals surface area contributed by atoms with Crippen LogP contribution in [-0.2, 0) is 0 Å². The van der Waals surface area contributed by atoms with E-state index in [1.165, 1.54) is 0 Å². The topological polar surface area (TPSA) is 22.1 Å². The number of fused-ring (bicyclic) bond motifs is 1. The van der Waals surface area contributed by atoms with Gasteiger partial charge in [-0.3, -0.25) is 4.98 Å². The van der Waals surface area contributed by atoms with Crippen molar-refractivity contribution in [2.45, 2.75) is 27.2 Å².